The van der Waals surface area contributed by atoms with Crippen LogP contribution in [0.15, 0.2) is 36.4 Å². The van der Waals surface area contributed by atoms with Crippen LogP contribution in [0.4, 0.5) is 21.7 Å². The molecule has 2 heterocycles. The fraction of sp³-hybridized carbons (Fsp3) is 0.267. The predicted molar refractivity (Wildman–Crippen MR) is 79.3 cm³/mol. The van der Waals surface area contributed by atoms with Crippen LogP contribution in [-0.4, -0.2) is 28.8 Å². The Hall–Kier alpha value is -2.54. The number of nitrogens with zero attached hydrogens (tertiary/aromatic N) is 2. The van der Waals surface area contributed by atoms with Gasteiger partial charge in [-0.2, -0.15) is 0 Å². The summed E-state index contributed by atoms with van der Waals surface area (Å²) in [5, 5.41) is 13.4. The number of ether oxygens (including phenoxy) is 1. The van der Waals surface area contributed by atoms with Crippen molar-refractivity contribution in [2.45, 2.75) is 18.9 Å². The van der Waals surface area contributed by atoms with E-state index in [0.717, 1.165) is 12.8 Å². The highest BCUT2D eigenvalue weighted by Crippen LogP contribution is 2.17. The molecule has 1 unspecified atom stereocenters. The van der Waals surface area contributed by atoms with E-state index in [2.05, 4.69) is 20.8 Å². The topological polar surface area (TPSA) is 76.1 Å². The minimum atomic E-state index is -0.410. The number of hydrogen-bond donors (Lipinski definition) is 2. The molecule has 0 aliphatic carbocycles. The Morgan fingerprint density at radius 1 is 1.23 bits per heavy atom. The van der Waals surface area contributed by atoms with E-state index in [1.165, 1.54) is 12.1 Å². The van der Waals surface area contributed by atoms with Crippen molar-refractivity contribution in [3.8, 4) is 0 Å². The molecule has 114 valence electrons. The van der Waals surface area contributed by atoms with Gasteiger partial charge in [-0.3, -0.25) is 4.79 Å². The fourth-order valence-electron chi connectivity index (χ4n) is 2.17. The molecule has 7 heteroatoms. The number of nitrogens with one attached hydrogen (secondary N) is 2. The van der Waals surface area contributed by atoms with Gasteiger partial charge in [-0.15, -0.1) is 10.2 Å². The molecular formula is C15H15FN4O2. The lowest BCUT2D eigenvalue weighted by molar-refractivity contribution is -0.124. The third-order valence-electron chi connectivity index (χ3n) is 3.23. The molecule has 6 nitrogen and oxygen atoms in total. The maximum Gasteiger partial charge on any atom is 0.254 e. The monoisotopic (exact) mass is 302 g/mol. The third-order valence-corrected chi connectivity index (χ3v) is 3.23. The van der Waals surface area contributed by atoms with E-state index in [1.54, 1.807) is 24.3 Å². The van der Waals surface area contributed by atoms with Gasteiger partial charge in [0.1, 0.15) is 11.9 Å². The largest absolute Gasteiger partial charge is 0.368 e. The molecule has 1 fully saturated rings. The summed E-state index contributed by atoms with van der Waals surface area (Å²) in [5.74, 6) is 0.266. The maximum absolute atomic E-state index is 13.1. The second-order valence-electron chi connectivity index (χ2n) is 4.93. The Morgan fingerprint density at radius 2 is 2.05 bits per heavy atom. The summed E-state index contributed by atoms with van der Waals surface area (Å²) >= 11 is 0. The van der Waals surface area contributed by atoms with Gasteiger partial charge in [-0.25, -0.2) is 4.39 Å². The van der Waals surface area contributed by atoms with Gasteiger partial charge in [0.05, 0.1) is 0 Å². The van der Waals surface area contributed by atoms with Crippen LogP contribution in [0.3, 0.4) is 0 Å². The molecule has 1 aliphatic heterocycles. The summed E-state index contributed by atoms with van der Waals surface area (Å²) in [5.41, 5.74) is 0.574. The molecule has 1 aliphatic rings. The summed E-state index contributed by atoms with van der Waals surface area (Å²) in [4.78, 5) is 11.9. The number of benzene rings is 1. The van der Waals surface area contributed by atoms with Crippen molar-refractivity contribution in [3.63, 3.8) is 0 Å². The van der Waals surface area contributed by atoms with Gasteiger partial charge in [-0.1, -0.05) is 6.07 Å². The normalized spacial score (nSPS) is 17.2. The number of hydrogen-bond acceptors (Lipinski definition) is 5. The molecule has 2 N–H and O–H groups in total. The Bertz CT molecular complexity index is 657. The van der Waals surface area contributed by atoms with E-state index in [9.17, 15) is 9.18 Å². The lowest BCUT2D eigenvalue weighted by Gasteiger charge is -2.10. The van der Waals surface area contributed by atoms with E-state index in [0.29, 0.717) is 23.9 Å². The zero-order chi connectivity index (χ0) is 15.4. The summed E-state index contributed by atoms with van der Waals surface area (Å²) < 4.78 is 18.4. The fourth-order valence-corrected chi connectivity index (χ4v) is 2.17. The predicted octanol–water partition coefficient (Wildman–Crippen LogP) is 2.48. The van der Waals surface area contributed by atoms with Crippen LogP contribution in [0.5, 0.6) is 0 Å². The van der Waals surface area contributed by atoms with Gasteiger partial charge in [-0.05, 0) is 43.2 Å². The molecule has 0 spiro atoms. The first-order valence-corrected chi connectivity index (χ1v) is 6.99. The summed E-state index contributed by atoms with van der Waals surface area (Å²) in [7, 11) is 0. The summed E-state index contributed by atoms with van der Waals surface area (Å²) in [6.45, 7) is 0.611. The Balaban J connectivity index is 1.61. The first-order valence-electron chi connectivity index (χ1n) is 6.99. The van der Waals surface area contributed by atoms with E-state index < -0.39 is 6.10 Å². The van der Waals surface area contributed by atoms with E-state index in [1.807, 2.05) is 0 Å². The van der Waals surface area contributed by atoms with Gasteiger partial charge < -0.3 is 15.4 Å². The van der Waals surface area contributed by atoms with Crippen molar-refractivity contribution in [1.82, 2.24) is 10.2 Å². The first kappa shape index (κ1) is 14.4. The van der Waals surface area contributed by atoms with Crippen LogP contribution in [0.2, 0.25) is 0 Å². The molecule has 1 saturated heterocycles. The van der Waals surface area contributed by atoms with E-state index in [-0.39, 0.29) is 11.7 Å². The zero-order valence-corrected chi connectivity index (χ0v) is 11.8. The molecule has 3 rings (SSSR count). The highest BCUT2D eigenvalue weighted by molar-refractivity contribution is 5.93. The number of aromatic nitrogens is 2. The van der Waals surface area contributed by atoms with Crippen LogP contribution in [0.1, 0.15) is 12.8 Å². The Morgan fingerprint density at radius 3 is 2.73 bits per heavy atom. The van der Waals surface area contributed by atoms with Gasteiger partial charge in [0.2, 0.25) is 0 Å². The van der Waals surface area contributed by atoms with Gasteiger partial charge in [0.25, 0.3) is 5.91 Å². The second kappa shape index (κ2) is 6.48. The van der Waals surface area contributed by atoms with Crippen LogP contribution < -0.4 is 10.6 Å². The number of anilines is 3. The average molecular weight is 302 g/mol. The first-order chi connectivity index (χ1) is 10.7. The highest BCUT2D eigenvalue weighted by atomic mass is 19.1. The van der Waals surface area contributed by atoms with Gasteiger partial charge >= 0.3 is 0 Å². The molecule has 0 bridgehead atoms. The number of rotatable bonds is 4. The molecule has 1 amide bonds. The standard InChI is InChI=1S/C15H15FN4O2/c16-10-3-1-4-11(9-10)17-13-6-7-14(20-19-13)18-15(21)12-5-2-8-22-12/h1,3-4,6-7,9,12H,2,5,8H2,(H,17,19)(H,18,20,21). The Labute approximate surface area is 126 Å². The van der Waals surface area contributed by atoms with Crippen molar-refractivity contribution in [3.05, 3.63) is 42.2 Å². The van der Waals surface area contributed by atoms with Crippen molar-refractivity contribution in [2.75, 3.05) is 17.2 Å². The lowest BCUT2D eigenvalue weighted by atomic mass is 10.2. The van der Waals surface area contributed by atoms with Gasteiger partial charge in [0, 0.05) is 12.3 Å². The smallest absolute Gasteiger partial charge is 0.254 e. The van der Waals surface area contributed by atoms with Crippen LogP contribution in [-0.2, 0) is 9.53 Å². The highest BCUT2D eigenvalue weighted by Gasteiger charge is 2.23. The molecule has 2 aromatic rings. The number of halogens is 1. The Kier molecular flexibility index (Phi) is 4.24. The average Bonchev–Trinajstić information content (AvgIpc) is 3.04. The number of amides is 1. The quantitative estimate of drug-likeness (QED) is 0.907. The van der Waals surface area contributed by atoms with Gasteiger partial charge in [0.15, 0.2) is 11.6 Å². The SMILES string of the molecule is O=C(Nc1ccc(Nc2cccc(F)c2)nn1)C1CCCO1. The molecule has 1 aromatic carbocycles. The summed E-state index contributed by atoms with van der Waals surface area (Å²) in [6, 6.07) is 9.32. The molecule has 0 saturated carbocycles. The third kappa shape index (κ3) is 3.56. The van der Waals surface area contributed by atoms with E-state index >= 15 is 0 Å². The maximum atomic E-state index is 13.1. The van der Waals surface area contributed by atoms with Crippen molar-refractivity contribution in [2.24, 2.45) is 0 Å². The van der Waals surface area contributed by atoms with Crippen LogP contribution >= 0.6 is 0 Å². The lowest BCUT2D eigenvalue weighted by Crippen LogP contribution is -2.27. The van der Waals surface area contributed by atoms with Crippen LogP contribution in [0.25, 0.3) is 0 Å². The van der Waals surface area contributed by atoms with Crippen molar-refractivity contribution >= 4 is 23.2 Å². The second-order valence-corrected chi connectivity index (χ2v) is 4.93. The number of carbonyl (C=O) groups excluding carboxylic acids is 1. The summed E-state index contributed by atoms with van der Waals surface area (Å²) in [6.07, 6.45) is 1.20. The molecule has 0 radical (unpaired) electrons. The minimum Gasteiger partial charge on any atom is -0.368 e. The molecule has 1 atom stereocenters. The molecule has 22 heavy (non-hydrogen) atoms. The molecular weight excluding hydrogens is 287 g/mol. The van der Waals surface area contributed by atoms with E-state index in [4.69, 9.17) is 4.74 Å². The minimum absolute atomic E-state index is 0.211. The van der Waals surface area contributed by atoms with Crippen molar-refractivity contribution < 1.29 is 13.9 Å². The zero-order valence-electron chi connectivity index (χ0n) is 11.8. The molecule has 1 aromatic heterocycles. The van der Waals surface area contributed by atoms with Crippen molar-refractivity contribution in [1.29, 1.82) is 0 Å². The van der Waals surface area contributed by atoms with Crippen LogP contribution in [0, 0.1) is 5.82 Å². The number of carbonyl (C=O) groups is 1.